The van der Waals surface area contributed by atoms with Crippen LogP contribution in [0.15, 0.2) is 90.6 Å². The van der Waals surface area contributed by atoms with Crippen molar-refractivity contribution in [1.29, 1.82) is 0 Å². The minimum absolute atomic E-state index is 0. The molecule has 4 rings (SSSR count). The van der Waals surface area contributed by atoms with Crippen molar-refractivity contribution >= 4 is 23.3 Å². The Morgan fingerprint density at radius 2 is 0.929 bits per heavy atom. The molecule has 0 amide bonds. The van der Waals surface area contributed by atoms with E-state index < -0.39 is 53.8 Å². The van der Waals surface area contributed by atoms with Crippen LogP contribution in [0, 0.1) is 0 Å². The fraction of sp³-hybridized carbons (Fsp3) is 0.412. The standard InChI is InChI=1S/2C9H12N.2C6H7.2C2H7Si.2ClH.2Hf/c2*1-7(2)8-5-3-4-6-9(8)10;2*1-6-4-2-3-5-6;2*1-3-2;;;;/h2*3-7,10H,1-2H3;2*4-5H,2H2,1H3;2*3H,1-2H3;2*1H;;/q2*-1;;;;;;;2*+2/p-2. The van der Waals surface area contributed by atoms with Crippen LogP contribution in [0.1, 0.15) is 77.3 Å². The molecule has 0 fully saturated rings. The van der Waals surface area contributed by atoms with Crippen LogP contribution in [0.5, 0.6) is 0 Å². The Morgan fingerprint density at radius 3 is 1.19 bits per heavy atom. The molecule has 0 unspecified atom stereocenters. The fourth-order valence-corrected chi connectivity index (χ4v) is 45.5. The van der Waals surface area contributed by atoms with Crippen molar-refractivity contribution in [2.24, 2.45) is 0 Å². The zero-order valence-corrected chi connectivity index (χ0v) is 38.4. The van der Waals surface area contributed by atoms with Crippen molar-refractivity contribution in [3.8, 4) is 0 Å². The molecule has 2 N–H and O–H groups in total. The largest absolute Gasteiger partial charge is 1.00 e. The minimum Gasteiger partial charge on any atom is -1.00 e. The van der Waals surface area contributed by atoms with Gasteiger partial charge >= 0.3 is 266 Å². The first-order valence-corrected chi connectivity index (χ1v) is 40.6. The average Bonchev–Trinajstić information content (AvgIpc) is 3.53. The molecule has 0 radical (unpaired) electrons. The van der Waals surface area contributed by atoms with E-state index in [9.17, 15) is 0 Å². The van der Waals surface area contributed by atoms with Gasteiger partial charge in [0, 0.05) is 0 Å². The van der Waals surface area contributed by atoms with Gasteiger partial charge in [-0.1, -0.05) is 0 Å². The molecule has 0 aliphatic heterocycles. The number of halogens is 2. The van der Waals surface area contributed by atoms with E-state index in [1.807, 2.05) is 0 Å². The number of benzene rings is 2. The van der Waals surface area contributed by atoms with Gasteiger partial charge in [-0.25, -0.2) is 0 Å². The first kappa shape index (κ1) is 39.8. The van der Waals surface area contributed by atoms with Crippen LogP contribution in [0.4, 0.5) is 11.4 Å². The average molecular weight is 973 g/mol. The maximum atomic E-state index is 4.06. The van der Waals surface area contributed by atoms with Crippen LogP contribution in [-0.2, 0) is 41.8 Å². The smallest absolute Gasteiger partial charge is 1.00 e. The summed E-state index contributed by atoms with van der Waals surface area (Å²) in [7, 11) is 0. The molecule has 2 aliphatic rings. The van der Waals surface area contributed by atoms with Crippen molar-refractivity contribution in [1.82, 2.24) is 0 Å². The number of nitrogens with one attached hydrogen (secondary N) is 2. The summed E-state index contributed by atoms with van der Waals surface area (Å²) in [6.45, 7) is 23.8. The maximum Gasteiger partial charge on any atom is -1.00 e. The molecule has 42 heavy (non-hydrogen) atoms. The van der Waals surface area contributed by atoms with Crippen LogP contribution in [0.25, 0.3) is 0 Å². The first-order valence-electron chi connectivity index (χ1n) is 15.2. The minimum atomic E-state index is -1.83. The van der Waals surface area contributed by atoms with Crippen LogP contribution in [-0.4, -0.2) is 12.0 Å². The van der Waals surface area contributed by atoms with E-state index in [0.29, 0.717) is 11.8 Å². The Morgan fingerprint density at radius 1 is 0.595 bits per heavy atom. The van der Waals surface area contributed by atoms with Gasteiger partial charge in [-0.3, -0.25) is 0 Å². The van der Waals surface area contributed by atoms with Gasteiger partial charge < -0.3 is 24.8 Å². The van der Waals surface area contributed by atoms with E-state index in [1.54, 1.807) is 6.66 Å². The van der Waals surface area contributed by atoms with Crippen LogP contribution < -0.4 is 31.4 Å². The Labute approximate surface area is 287 Å². The molecule has 0 saturated heterocycles. The normalized spacial score (nSPS) is 13.9. The number of hydrogen-bond acceptors (Lipinski definition) is 2. The second kappa shape index (κ2) is 19.3. The third-order valence-corrected chi connectivity index (χ3v) is 54.6. The Hall–Kier alpha value is -0.246. The Balaban J connectivity index is 0.000000401. The first-order chi connectivity index (χ1) is 19.0. The second-order valence-electron chi connectivity index (χ2n) is 12.5. The topological polar surface area (TPSA) is 24.1 Å². The molecule has 228 valence electrons. The SMILES string of the molecule is CC1=CC[C]([Hf+]([NH]c2ccccc2C(C)C)[SiH](C)C)=C1.CC1=CC[C]([Hf+]([NH]c2ccccc2C(C)C)[SiH](C)C)=C1.[Cl-].[Cl-]. The summed E-state index contributed by atoms with van der Waals surface area (Å²) in [5.74, 6) is 0.0147. The summed E-state index contributed by atoms with van der Waals surface area (Å²) < 4.78 is 11.7. The van der Waals surface area contributed by atoms with Gasteiger partial charge in [0.2, 0.25) is 0 Å². The molecule has 8 heteroatoms. The van der Waals surface area contributed by atoms with Crippen molar-refractivity contribution in [3.63, 3.8) is 0 Å². The second-order valence-corrected chi connectivity index (χ2v) is 63.8. The molecular weight excluding hydrogens is 920 g/mol. The van der Waals surface area contributed by atoms with Gasteiger partial charge in [-0.2, -0.15) is 0 Å². The zero-order valence-electron chi connectivity index (χ0n) is 27.4. The predicted octanol–water partition coefficient (Wildman–Crippen LogP) is 3.95. The van der Waals surface area contributed by atoms with Crippen molar-refractivity contribution < 1.29 is 66.6 Å². The summed E-state index contributed by atoms with van der Waals surface area (Å²) in [6, 6.07) is 17.8. The van der Waals surface area contributed by atoms with Crippen LogP contribution in [0.2, 0.25) is 26.2 Å². The number of allylic oxidation sites excluding steroid dienone is 8. The Bertz CT molecular complexity index is 1170. The van der Waals surface area contributed by atoms with Crippen LogP contribution in [0.3, 0.4) is 0 Å². The van der Waals surface area contributed by atoms with Gasteiger partial charge in [0.1, 0.15) is 0 Å². The summed E-state index contributed by atoms with van der Waals surface area (Å²) in [5.41, 5.74) is 8.72. The molecule has 0 aromatic heterocycles. The number of anilines is 2. The summed E-state index contributed by atoms with van der Waals surface area (Å²) in [5, 5.41) is 0. The molecule has 0 bridgehead atoms. The van der Waals surface area contributed by atoms with E-state index in [0.717, 1.165) is 0 Å². The Kier molecular flexibility index (Phi) is 18.3. The summed E-state index contributed by atoms with van der Waals surface area (Å²) in [4.78, 5) is 0. The van der Waals surface area contributed by atoms with E-state index >= 15 is 0 Å². The third kappa shape index (κ3) is 11.6. The monoisotopic (exact) mass is 974 g/mol. The molecule has 0 spiro atoms. The fourth-order valence-electron chi connectivity index (χ4n) is 5.41. The molecule has 0 atom stereocenters. The quantitative estimate of drug-likeness (QED) is 0.353. The van der Waals surface area contributed by atoms with E-state index in [2.05, 4.69) is 147 Å². The zero-order chi connectivity index (χ0) is 29.4. The van der Waals surface area contributed by atoms with Gasteiger partial charge in [-0.05, 0) is 0 Å². The van der Waals surface area contributed by atoms with Crippen molar-refractivity contribution in [2.75, 3.05) is 6.61 Å². The van der Waals surface area contributed by atoms with Gasteiger partial charge in [0.25, 0.3) is 0 Å². The van der Waals surface area contributed by atoms with E-state index in [1.165, 1.54) is 46.5 Å². The van der Waals surface area contributed by atoms with Gasteiger partial charge in [0.05, 0.1) is 0 Å². The molecular formula is C34H52Cl2Hf2N2Si2. The van der Waals surface area contributed by atoms with Crippen molar-refractivity contribution in [3.05, 3.63) is 102 Å². The number of para-hydroxylation sites is 2. The maximum absolute atomic E-state index is 4.06. The van der Waals surface area contributed by atoms with Crippen molar-refractivity contribution in [2.45, 2.75) is 92.4 Å². The summed E-state index contributed by atoms with van der Waals surface area (Å²) >= 11 is -3.65. The molecule has 2 aromatic carbocycles. The molecule has 0 heterocycles. The third-order valence-electron chi connectivity index (χ3n) is 7.64. The van der Waals surface area contributed by atoms with E-state index in [4.69, 9.17) is 0 Å². The number of rotatable bonds is 10. The van der Waals surface area contributed by atoms with Gasteiger partial charge in [0.15, 0.2) is 0 Å². The molecule has 2 aliphatic carbocycles. The molecule has 2 nitrogen and oxygen atoms in total. The molecule has 2 aromatic rings. The number of hydrogen-bond donors (Lipinski definition) is 2. The predicted molar refractivity (Wildman–Crippen MR) is 179 cm³/mol. The molecule has 0 saturated carbocycles. The van der Waals surface area contributed by atoms with Crippen LogP contribution >= 0.6 is 0 Å². The van der Waals surface area contributed by atoms with E-state index in [-0.39, 0.29) is 24.8 Å². The summed E-state index contributed by atoms with van der Waals surface area (Å²) in [6.07, 6.45) is 12.2. The van der Waals surface area contributed by atoms with Gasteiger partial charge in [-0.15, -0.1) is 0 Å².